The standard InChI is InChI=1S/C18H26N2O2/c21-18(22)14-19-10-4-7-16(11-19)13-20(17-8-9-17)12-15-5-2-1-3-6-15/h1-3,5-6,16-17H,4,7-14H2,(H,21,22)/t16-/m0/s1. The summed E-state index contributed by atoms with van der Waals surface area (Å²) < 4.78 is 0. The van der Waals surface area contributed by atoms with Crippen LogP contribution in [0.25, 0.3) is 0 Å². The minimum atomic E-state index is -0.705. The van der Waals surface area contributed by atoms with Gasteiger partial charge >= 0.3 is 5.97 Å². The Bertz CT molecular complexity index is 487. The van der Waals surface area contributed by atoms with E-state index in [4.69, 9.17) is 5.11 Å². The maximum absolute atomic E-state index is 10.9. The van der Waals surface area contributed by atoms with Crippen LogP contribution in [-0.2, 0) is 11.3 Å². The Morgan fingerprint density at radius 1 is 1.23 bits per heavy atom. The van der Waals surface area contributed by atoms with Crippen molar-refractivity contribution in [2.45, 2.75) is 38.3 Å². The van der Waals surface area contributed by atoms with Gasteiger partial charge in [0.25, 0.3) is 0 Å². The van der Waals surface area contributed by atoms with Gasteiger partial charge in [0, 0.05) is 25.7 Å². The fourth-order valence-corrected chi connectivity index (χ4v) is 3.57. The molecule has 2 aliphatic rings. The van der Waals surface area contributed by atoms with E-state index >= 15 is 0 Å². The average Bonchev–Trinajstić information content (AvgIpc) is 3.32. The van der Waals surface area contributed by atoms with Crippen LogP contribution < -0.4 is 0 Å². The van der Waals surface area contributed by atoms with E-state index in [0.29, 0.717) is 5.92 Å². The van der Waals surface area contributed by atoms with Crippen LogP contribution in [0.2, 0.25) is 0 Å². The van der Waals surface area contributed by atoms with Gasteiger partial charge < -0.3 is 5.11 Å². The van der Waals surface area contributed by atoms with Gasteiger partial charge in [-0.05, 0) is 43.7 Å². The van der Waals surface area contributed by atoms with E-state index < -0.39 is 5.97 Å². The summed E-state index contributed by atoms with van der Waals surface area (Å²) in [6.07, 6.45) is 4.99. The van der Waals surface area contributed by atoms with Gasteiger partial charge in [0.15, 0.2) is 0 Å². The first-order valence-corrected chi connectivity index (χ1v) is 8.43. The highest BCUT2D eigenvalue weighted by molar-refractivity contribution is 5.69. The zero-order valence-corrected chi connectivity index (χ0v) is 13.2. The highest BCUT2D eigenvalue weighted by atomic mass is 16.4. The fourth-order valence-electron chi connectivity index (χ4n) is 3.57. The molecule has 1 N–H and O–H groups in total. The Morgan fingerprint density at radius 3 is 2.68 bits per heavy atom. The summed E-state index contributed by atoms with van der Waals surface area (Å²) in [5, 5.41) is 8.97. The van der Waals surface area contributed by atoms with Crippen molar-refractivity contribution < 1.29 is 9.90 Å². The van der Waals surface area contributed by atoms with E-state index in [9.17, 15) is 4.79 Å². The summed E-state index contributed by atoms with van der Waals surface area (Å²) in [5.74, 6) is -0.0959. The number of hydrogen-bond acceptors (Lipinski definition) is 3. The minimum absolute atomic E-state index is 0.193. The lowest BCUT2D eigenvalue weighted by Gasteiger charge is -2.35. The molecule has 1 saturated heterocycles. The molecule has 2 fully saturated rings. The van der Waals surface area contributed by atoms with Crippen molar-refractivity contribution in [3.63, 3.8) is 0 Å². The molecule has 4 heteroatoms. The molecule has 0 unspecified atom stereocenters. The molecule has 1 aromatic carbocycles. The quantitative estimate of drug-likeness (QED) is 0.840. The van der Waals surface area contributed by atoms with Crippen LogP contribution in [0.3, 0.4) is 0 Å². The Morgan fingerprint density at radius 2 is 2.00 bits per heavy atom. The van der Waals surface area contributed by atoms with Crippen LogP contribution in [0.4, 0.5) is 0 Å². The van der Waals surface area contributed by atoms with E-state index in [1.165, 1.54) is 24.8 Å². The van der Waals surface area contributed by atoms with Crippen LogP contribution >= 0.6 is 0 Å². The first kappa shape index (κ1) is 15.5. The van der Waals surface area contributed by atoms with Crippen molar-refractivity contribution in [1.29, 1.82) is 0 Å². The summed E-state index contributed by atoms with van der Waals surface area (Å²) in [5.41, 5.74) is 1.38. The zero-order valence-electron chi connectivity index (χ0n) is 13.2. The number of carboxylic acid groups (broad SMARTS) is 1. The molecule has 0 radical (unpaired) electrons. The Kier molecular flexibility index (Phi) is 5.11. The molecule has 0 bridgehead atoms. The predicted octanol–water partition coefficient (Wildman–Crippen LogP) is 2.45. The molecule has 0 aromatic heterocycles. The second kappa shape index (κ2) is 7.25. The lowest BCUT2D eigenvalue weighted by molar-refractivity contribution is -0.138. The molecule has 1 atom stereocenters. The third kappa shape index (κ3) is 4.55. The smallest absolute Gasteiger partial charge is 0.317 e. The monoisotopic (exact) mass is 302 g/mol. The molecular weight excluding hydrogens is 276 g/mol. The van der Waals surface area contributed by atoms with Crippen molar-refractivity contribution >= 4 is 5.97 Å². The zero-order chi connectivity index (χ0) is 15.4. The molecule has 0 spiro atoms. The van der Waals surface area contributed by atoms with Crippen LogP contribution in [0, 0.1) is 5.92 Å². The topological polar surface area (TPSA) is 43.8 Å². The van der Waals surface area contributed by atoms with Gasteiger partial charge in [-0.2, -0.15) is 0 Å². The number of carbonyl (C=O) groups is 1. The van der Waals surface area contributed by atoms with Crippen LogP contribution in [-0.4, -0.2) is 53.1 Å². The van der Waals surface area contributed by atoms with Crippen molar-refractivity contribution in [1.82, 2.24) is 9.80 Å². The lowest BCUT2D eigenvalue weighted by atomic mass is 9.97. The molecule has 1 heterocycles. The summed E-state index contributed by atoms with van der Waals surface area (Å²) in [4.78, 5) is 15.6. The molecule has 120 valence electrons. The number of aliphatic carboxylic acids is 1. The fraction of sp³-hybridized carbons (Fsp3) is 0.611. The van der Waals surface area contributed by atoms with Gasteiger partial charge in [-0.25, -0.2) is 0 Å². The Hall–Kier alpha value is -1.39. The third-order valence-electron chi connectivity index (χ3n) is 4.75. The van der Waals surface area contributed by atoms with E-state index in [1.807, 2.05) is 0 Å². The van der Waals surface area contributed by atoms with Crippen LogP contribution in [0.1, 0.15) is 31.2 Å². The third-order valence-corrected chi connectivity index (χ3v) is 4.75. The summed E-state index contributed by atoms with van der Waals surface area (Å²) in [7, 11) is 0. The minimum Gasteiger partial charge on any atom is -0.480 e. The van der Waals surface area contributed by atoms with Crippen molar-refractivity contribution in [3.05, 3.63) is 35.9 Å². The molecule has 1 aliphatic heterocycles. The average molecular weight is 302 g/mol. The maximum atomic E-state index is 10.9. The van der Waals surface area contributed by atoms with Gasteiger partial charge in [-0.1, -0.05) is 30.3 Å². The molecular formula is C18H26N2O2. The van der Waals surface area contributed by atoms with E-state index in [1.54, 1.807) is 0 Å². The van der Waals surface area contributed by atoms with Crippen molar-refractivity contribution in [3.8, 4) is 0 Å². The summed E-state index contributed by atoms with van der Waals surface area (Å²) in [6.45, 7) is 4.20. The van der Waals surface area contributed by atoms with Crippen molar-refractivity contribution in [2.24, 2.45) is 5.92 Å². The van der Waals surface area contributed by atoms with E-state index in [2.05, 4.69) is 40.1 Å². The Balaban J connectivity index is 1.55. The van der Waals surface area contributed by atoms with Gasteiger partial charge in [0.1, 0.15) is 0 Å². The molecule has 22 heavy (non-hydrogen) atoms. The molecule has 1 saturated carbocycles. The molecule has 1 aromatic rings. The number of hydrogen-bond donors (Lipinski definition) is 1. The van der Waals surface area contributed by atoms with Gasteiger partial charge in [0.2, 0.25) is 0 Å². The highest BCUT2D eigenvalue weighted by Gasteiger charge is 2.32. The second-order valence-electron chi connectivity index (χ2n) is 6.78. The van der Waals surface area contributed by atoms with Crippen LogP contribution in [0.5, 0.6) is 0 Å². The van der Waals surface area contributed by atoms with Gasteiger partial charge in [-0.3, -0.25) is 14.6 Å². The predicted molar refractivity (Wildman–Crippen MR) is 86.7 cm³/mol. The molecule has 3 rings (SSSR count). The highest BCUT2D eigenvalue weighted by Crippen LogP contribution is 2.30. The van der Waals surface area contributed by atoms with E-state index in [0.717, 1.165) is 38.6 Å². The number of rotatable bonds is 7. The number of benzene rings is 1. The molecule has 4 nitrogen and oxygen atoms in total. The molecule has 1 aliphatic carbocycles. The number of carboxylic acids is 1. The first-order valence-electron chi connectivity index (χ1n) is 8.43. The normalized spacial score (nSPS) is 22.9. The molecule has 0 amide bonds. The lowest BCUT2D eigenvalue weighted by Crippen LogP contribution is -2.43. The Labute approximate surface area is 132 Å². The van der Waals surface area contributed by atoms with E-state index in [-0.39, 0.29) is 6.54 Å². The van der Waals surface area contributed by atoms with Gasteiger partial charge in [0.05, 0.1) is 6.54 Å². The maximum Gasteiger partial charge on any atom is 0.317 e. The number of likely N-dealkylation sites (tertiary alicyclic amines) is 1. The second-order valence-corrected chi connectivity index (χ2v) is 6.78. The summed E-state index contributed by atoms with van der Waals surface area (Å²) >= 11 is 0. The largest absolute Gasteiger partial charge is 0.480 e. The number of nitrogens with zero attached hydrogens (tertiary/aromatic N) is 2. The first-order chi connectivity index (χ1) is 10.7. The van der Waals surface area contributed by atoms with Crippen LogP contribution in [0.15, 0.2) is 30.3 Å². The van der Waals surface area contributed by atoms with Crippen molar-refractivity contribution in [2.75, 3.05) is 26.2 Å². The summed E-state index contributed by atoms with van der Waals surface area (Å²) in [6, 6.07) is 11.4. The number of piperidine rings is 1. The SMILES string of the molecule is O=C(O)CN1CCC[C@H](CN(Cc2ccccc2)C2CC2)C1. The van der Waals surface area contributed by atoms with Gasteiger partial charge in [-0.15, -0.1) is 0 Å².